The first kappa shape index (κ1) is 14.7. The lowest BCUT2D eigenvalue weighted by molar-refractivity contribution is -0.144. The number of nitrogens with one attached hydrogen (secondary N) is 2. The molecule has 3 N–H and O–H groups in total. The molecule has 0 bridgehead atoms. The van der Waals surface area contributed by atoms with Gasteiger partial charge < -0.3 is 15.7 Å². The SMILES string of the molecule is CNC(=O)Cc1ccc(NC(=O)C(C)C(=O)O)cc1. The van der Waals surface area contributed by atoms with Gasteiger partial charge in [0.2, 0.25) is 11.8 Å². The standard InChI is InChI=1S/C13H16N2O4/c1-8(13(18)19)12(17)15-10-5-3-9(4-6-10)7-11(16)14-2/h3-6,8H,7H2,1-2H3,(H,14,16)(H,15,17)(H,18,19). The molecular formula is C13H16N2O4. The van der Waals surface area contributed by atoms with Crippen LogP contribution in [0.2, 0.25) is 0 Å². The average molecular weight is 264 g/mol. The fraction of sp³-hybridized carbons (Fsp3) is 0.308. The van der Waals surface area contributed by atoms with E-state index in [1.807, 2.05) is 0 Å². The van der Waals surface area contributed by atoms with E-state index in [9.17, 15) is 14.4 Å². The van der Waals surface area contributed by atoms with Crippen molar-refractivity contribution in [1.29, 1.82) is 0 Å². The zero-order chi connectivity index (χ0) is 14.4. The van der Waals surface area contributed by atoms with E-state index in [4.69, 9.17) is 5.11 Å². The molecule has 1 atom stereocenters. The zero-order valence-corrected chi connectivity index (χ0v) is 10.8. The third-order valence-corrected chi connectivity index (χ3v) is 2.63. The van der Waals surface area contributed by atoms with Crippen molar-refractivity contribution in [3.05, 3.63) is 29.8 Å². The smallest absolute Gasteiger partial charge is 0.315 e. The Kier molecular flexibility index (Phi) is 5.05. The van der Waals surface area contributed by atoms with E-state index >= 15 is 0 Å². The van der Waals surface area contributed by atoms with Crippen molar-refractivity contribution in [3.8, 4) is 0 Å². The van der Waals surface area contributed by atoms with E-state index in [-0.39, 0.29) is 12.3 Å². The van der Waals surface area contributed by atoms with E-state index in [0.717, 1.165) is 5.56 Å². The van der Waals surface area contributed by atoms with E-state index in [1.165, 1.54) is 6.92 Å². The van der Waals surface area contributed by atoms with Gasteiger partial charge in [-0.1, -0.05) is 12.1 Å². The third kappa shape index (κ3) is 4.42. The first-order valence-corrected chi connectivity index (χ1v) is 5.77. The molecule has 0 aromatic heterocycles. The van der Waals surface area contributed by atoms with Crippen LogP contribution in [0, 0.1) is 5.92 Å². The minimum Gasteiger partial charge on any atom is -0.481 e. The van der Waals surface area contributed by atoms with Crippen LogP contribution in [0.5, 0.6) is 0 Å². The Morgan fingerprint density at radius 2 is 1.79 bits per heavy atom. The lowest BCUT2D eigenvalue weighted by Gasteiger charge is -2.09. The van der Waals surface area contributed by atoms with Crippen molar-refractivity contribution in [2.24, 2.45) is 5.92 Å². The molecule has 1 unspecified atom stereocenters. The topological polar surface area (TPSA) is 95.5 Å². The number of aliphatic carboxylic acids is 1. The summed E-state index contributed by atoms with van der Waals surface area (Å²) in [6.07, 6.45) is 0.260. The summed E-state index contributed by atoms with van der Waals surface area (Å²) in [7, 11) is 1.56. The van der Waals surface area contributed by atoms with Crippen LogP contribution in [-0.4, -0.2) is 29.9 Å². The second-order valence-electron chi connectivity index (χ2n) is 4.10. The highest BCUT2D eigenvalue weighted by atomic mass is 16.4. The van der Waals surface area contributed by atoms with Crippen molar-refractivity contribution >= 4 is 23.5 Å². The first-order chi connectivity index (χ1) is 8.93. The van der Waals surface area contributed by atoms with Crippen LogP contribution in [0.15, 0.2) is 24.3 Å². The molecular weight excluding hydrogens is 248 g/mol. The largest absolute Gasteiger partial charge is 0.481 e. The number of hydrogen-bond acceptors (Lipinski definition) is 3. The highest BCUT2D eigenvalue weighted by Crippen LogP contribution is 2.11. The van der Waals surface area contributed by atoms with Crippen molar-refractivity contribution in [2.75, 3.05) is 12.4 Å². The van der Waals surface area contributed by atoms with Crippen molar-refractivity contribution < 1.29 is 19.5 Å². The number of rotatable bonds is 5. The van der Waals surface area contributed by atoms with Gasteiger partial charge in [0, 0.05) is 12.7 Å². The summed E-state index contributed by atoms with van der Waals surface area (Å²) in [6, 6.07) is 6.67. The molecule has 1 aromatic carbocycles. The number of benzene rings is 1. The Bertz CT molecular complexity index is 482. The van der Waals surface area contributed by atoms with Gasteiger partial charge in [-0.3, -0.25) is 14.4 Å². The molecule has 6 nitrogen and oxygen atoms in total. The Labute approximate surface area is 110 Å². The van der Waals surface area contributed by atoms with Crippen LogP contribution >= 0.6 is 0 Å². The van der Waals surface area contributed by atoms with Crippen LogP contribution in [0.3, 0.4) is 0 Å². The molecule has 0 fully saturated rings. The van der Waals surface area contributed by atoms with Gasteiger partial charge in [-0.2, -0.15) is 0 Å². The van der Waals surface area contributed by atoms with Crippen LogP contribution in [0.25, 0.3) is 0 Å². The van der Waals surface area contributed by atoms with Crippen molar-refractivity contribution in [1.82, 2.24) is 5.32 Å². The molecule has 6 heteroatoms. The summed E-state index contributed by atoms with van der Waals surface area (Å²) in [5.74, 6) is -2.96. The van der Waals surface area contributed by atoms with E-state index in [1.54, 1.807) is 31.3 Å². The number of carbonyl (C=O) groups excluding carboxylic acids is 2. The summed E-state index contributed by atoms with van der Waals surface area (Å²) in [6.45, 7) is 1.32. The van der Waals surface area contributed by atoms with Gasteiger partial charge in [-0.05, 0) is 24.6 Å². The Morgan fingerprint density at radius 1 is 1.21 bits per heavy atom. The average Bonchev–Trinajstić information content (AvgIpc) is 2.39. The van der Waals surface area contributed by atoms with Gasteiger partial charge >= 0.3 is 5.97 Å². The molecule has 102 valence electrons. The van der Waals surface area contributed by atoms with E-state index < -0.39 is 17.8 Å². The van der Waals surface area contributed by atoms with Crippen molar-refractivity contribution in [2.45, 2.75) is 13.3 Å². The van der Waals surface area contributed by atoms with E-state index in [0.29, 0.717) is 5.69 Å². The maximum atomic E-state index is 11.5. The molecule has 1 rings (SSSR count). The van der Waals surface area contributed by atoms with Crippen molar-refractivity contribution in [3.63, 3.8) is 0 Å². The van der Waals surface area contributed by atoms with Crippen LogP contribution in [-0.2, 0) is 20.8 Å². The normalized spacial score (nSPS) is 11.5. The summed E-state index contributed by atoms with van der Waals surface area (Å²) in [5.41, 5.74) is 1.31. The zero-order valence-electron chi connectivity index (χ0n) is 10.8. The lowest BCUT2D eigenvalue weighted by atomic mass is 10.1. The molecule has 0 saturated heterocycles. The number of carbonyl (C=O) groups is 3. The number of likely N-dealkylation sites (N-methyl/N-ethyl adjacent to an activating group) is 1. The second kappa shape index (κ2) is 6.53. The monoisotopic (exact) mass is 264 g/mol. The molecule has 2 amide bonds. The maximum Gasteiger partial charge on any atom is 0.315 e. The maximum absolute atomic E-state index is 11.5. The quantitative estimate of drug-likeness (QED) is 0.680. The fourth-order valence-electron chi connectivity index (χ4n) is 1.34. The molecule has 1 aromatic rings. The molecule has 0 spiro atoms. The number of amides is 2. The van der Waals surface area contributed by atoms with Gasteiger partial charge in [-0.25, -0.2) is 0 Å². The third-order valence-electron chi connectivity index (χ3n) is 2.63. The Hall–Kier alpha value is -2.37. The molecule has 0 radical (unpaired) electrons. The number of carboxylic acid groups (broad SMARTS) is 1. The Morgan fingerprint density at radius 3 is 2.26 bits per heavy atom. The Balaban J connectivity index is 2.64. The lowest BCUT2D eigenvalue weighted by Crippen LogP contribution is -2.26. The minimum absolute atomic E-state index is 0.101. The number of carboxylic acids is 1. The second-order valence-corrected chi connectivity index (χ2v) is 4.10. The number of anilines is 1. The summed E-state index contributed by atoms with van der Waals surface area (Å²) in [5, 5.41) is 13.7. The molecule has 0 aliphatic heterocycles. The number of hydrogen-bond donors (Lipinski definition) is 3. The molecule has 0 saturated carbocycles. The highest BCUT2D eigenvalue weighted by Gasteiger charge is 2.20. The predicted molar refractivity (Wildman–Crippen MR) is 69.6 cm³/mol. The summed E-state index contributed by atoms with van der Waals surface area (Å²) < 4.78 is 0. The van der Waals surface area contributed by atoms with Crippen LogP contribution < -0.4 is 10.6 Å². The summed E-state index contributed by atoms with van der Waals surface area (Å²) >= 11 is 0. The summed E-state index contributed by atoms with van der Waals surface area (Å²) in [4.78, 5) is 33.3. The van der Waals surface area contributed by atoms with Gasteiger partial charge in [-0.15, -0.1) is 0 Å². The van der Waals surface area contributed by atoms with Gasteiger partial charge in [0.15, 0.2) is 0 Å². The van der Waals surface area contributed by atoms with Crippen LogP contribution in [0.1, 0.15) is 12.5 Å². The van der Waals surface area contributed by atoms with Gasteiger partial charge in [0.25, 0.3) is 0 Å². The van der Waals surface area contributed by atoms with Gasteiger partial charge in [0.1, 0.15) is 5.92 Å². The predicted octanol–water partition coefficient (Wildman–Crippen LogP) is 0.634. The molecule has 19 heavy (non-hydrogen) atoms. The highest BCUT2D eigenvalue weighted by molar-refractivity contribution is 6.03. The molecule has 0 aliphatic carbocycles. The molecule has 0 aliphatic rings. The van der Waals surface area contributed by atoms with Crippen LogP contribution in [0.4, 0.5) is 5.69 Å². The molecule has 0 heterocycles. The minimum atomic E-state index is -1.17. The fourth-order valence-corrected chi connectivity index (χ4v) is 1.34. The van der Waals surface area contributed by atoms with Gasteiger partial charge in [0.05, 0.1) is 6.42 Å². The van der Waals surface area contributed by atoms with E-state index in [2.05, 4.69) is 10.6 Å². The first-order valence-electron chi connectivity index (χ1n) is 5.77.